The van der Waals surface area contributed by atoms with Gasteiger partial charge in [0.05, 0.1) is 31.4 Å². The summed E-state index contributed by atoms with van der Waals surface area (Å²) < 4.78 is 11.3. The van der Waals surface area contributed by atoms with Crippen molar-refractivity contribution in [1.29, 1.82) is 0 Å². The second-order valence-electron chi connectivity index (χ2n) is 11.4. The van der Waals surface area contributed by atoms with Crippen molar-refractivity contribution in [2.75, 3.05) is 19.7 Å². The molecule has 1 heterocycles. The Kier molecular flexibility index (Phi) is 12.3. The van der Waals surface area contributed by atoms with Gasteiger partial charge < -0.3 is 24.8 Å². The first-order chi connectivity index (χ1) is 20.1. The molecule has 2 aromatic rings. The first kappa shape index (κ1) is 32.5. The van der Waals surface area contributed by atoms with Crippen LogP contribution in [0.1, 0.15) is 63.7 Å². The zero-order chi connectivity index (χ0) is 30.5. The highest BCUT2D eigenvalue weighted by atomic mass is 16.6. The minimum Gasteiger partial charge on any atom is -0.460 e. The molecule has 0 aliphatic carbocycles. The third-order valence-electron chi connectivity index (χ3n) is 6.80. The van der Waals surface area contributed by atoms with E-state index >= 15 is 0 Å². The lowest BCUT2D eigenvalue weighted by Crippen LogP contribution is -2.40. The summed E-state index contributed by atoms with van der Waals surface area (Å²) in [7, 11) is 0. The maximum atomic E-state index is 13.3. The number of amides is 2. The molecule has 0 bridgehead atoms. The number of allylic oxidation sites excluding steroid dienone is 2. The number of carbonyl (C=O) groups is 4. The Balaban J connectivity index is 1.81. The highest BCUT2D eigenvalue weighted by Crippen LogP contribution is 2.24. The number of aliphatic hydroxyl groups is 1. The van der Waals surface area contributed by atoms with Crippen molar-refractivity contribution in [3.05, 3.63) is 83.9 Å². The number of hydrogen-bond acceptors (Lipinski definition) is 7. The summed E-state index contributed by atoms with van der Waals surface area (Å²) in [6.07, 6.45) is 3.00. The third-order valence-corrected chi connectivity index (χ3v) is 6.80. The molecule has 0 saturated heterocycles. The molecule has 9 nitrogen and oxygen atoms in total. The highest BCUT2D eigenvalue weighted by Gasteiger charge is 2.30. The summed E-state index contributed by atoms with van der Waals surface area (Å²) in [5.41, 5.74) is 0.925. The molecule has 0 radical (unpaired) electrons. The fourth-order valence-electron chi connectivity index (χ4n) is 4.68. The molecular weight excluding hydrogens is 536 g/mol. The van der Waals surface area contributed by atoms with Crippen LogP contribution in [0, 0.1) is 11.8 Å². The summed E-state index contributed by atoms with van der Waals surface area (Å²) in [6.45, 7) is 5.58. The standard InChI is InChI=1S/C33H42N2O7/c1-33(2,3)42-30(38)21-27-17-11-10-16-26(20-29(37)35(18-19-36)23-24-12-6-4-7-13-24)31(39)34-22-28(41-32(27)40)25-14-8-5-9-15-25/h4-15,26-28,36H,16-23H2,1-3H3,(H,34,39)/b11-10-/t26-,27+,28+/m1/s1. The molecule has 2 N–H and O–H groups in total. The molecule has 3 atom stereocenters. The minimum atomic E-state index is -0.785. The third kappa shape index (κ3) is 10.8. The zero-order valence-corrected chi connectivity index (χ0v) is 24.7. The number of aliphatic hydroxyl groups excluding tert-OH is 1. The minimum absolute atomic E-state index is 0.00647. The van der Waals surface area contributed by atoms with Crippen LogP contribution in [-0.2, 0) is 35.2 Å². The number of hydrogen-bond donors (Lipinski definition) is 2. The van der Waals surface area contributed by atoms with Crippen molar-refractivity contribution >= 4 is 23.8 Å². The molecule has 0 unspecified atom stereocenters. The van der Waals surface area contributed by atoms with Crippen molar-refractivity contribution in [2.24, 2.45) is 11.8 Å². The van der Waals surface area contributed by atoms with Gasteiger partial charge in [-0.25, -0.2) is 0 Å². The molecule has 0 spiro atoms. The predicted octanol–water partition coefficient (Wildman–Crippen LogP) is 4.11. The van der Waals surface area contributed by atoms with Crippen LogP contribution in [0.5, 0.6) is 0 Å². The number of carbonyl (C=O) groups excluding carboxylic acids is 4. The summed E-state index contributed by atoms with van der Waals surface area (Å²) >= 11 is 0. The molecule has 3 rings (SSSR count). The molecule has 1 aliphatic rings. The maximum absolute atomic E-state index is 13.3. The number of rotatable bonds is 9. The monoisotopic (exact) mass is 578 g/mol. The van der Waals surface area contributed by atoms with E-state index in [4.69, 9.17) is 9.47 Å². The smallest absolute Gasteiger partial charge is 0.310 e. The average Bonchev–Trinajstić information content (AvgIpc) is 2.95. The largest absolute Gasteiger partial charge is 0.460 e. The summed E-state index contributed by atoms with van der Waals surface area (Å²) in [5.74, 6) is -3.09. The second-order valence-corrected chi connectivity index (χ2v) is 11.4. The van der Waals surface area contributed by atoms with E-state index in [1.54, 1.807) is 50.0 Å². The number of esters is 2. The number of benzene rings is 2. The molecule has 1 aliphatic heterocycles. The van der Waals surface area contributed by atoms with Crippen LogP contribution in [0.4, 0.5) is 0 Å². The van der Waals surface area contributed by atoms with Crippen LogP contribution in [0.2, 0.25) is 0 Å². The highest BCUT2D eigenvalue weighted by molar-refractivity contribution is 5.86. The Hall–Kier alpha value is -3.98. The van der Waals surface area contributed by atoms with Crippen LogP contribution < -0.4 is 5.32 Å². The van der Waals surface area contributed by atoms with Gasteiger partial charge in [0.25, 0.3) is 0 Å². The van der Waals surface area contributed by atoms with Gasteiger partial charge in [-0.05, 0) is 44.7 Å². The molecule has 226 valence electrons. The van der Waals surface area contributed by atoms with E-state index in [9.17, 15) is 24.3 Å². The van der Waals surface area contributed by atoms with Crippen molar-refractivity contribution < 1.29 is 33.8 Å². The normalized spacial score (nSPS) is 20.7. The van der Waals surface area contributed by atoms with Gasteiger partial charge in [-0.15, -0.1) is 0 Å². The van der Waals surface area contributed by atoms with Gasteiger partial charge in [0, 0.05) is 19.5 Å². The molecule has 0 fully saturated rings. The molecule has 0 aromatic heterocycles. The Labute approximate surface area is 247 Å². The molecule has 0 saturated carbocycles. The topological polar surface area (TPSA) is 122 Å². The van der Waals surface area contributed by atoms with Gasteiger partial charge in [-0.2, -0.15) is 0 Å². The lowest BCUT2D eigenvalue weighted by atomic mass is 9.96. The summed E-state index contributed by atoms with van der Waals surface area (Å²) in [5, 5.41) is 12.5. The van der Waals surface area contributed by atoms with E-state index in [-0.39, 0.29) is 57.2 Å². The van der Waals surface area contributed by atoms with Gasteiger partial charge in [0.15, 0.2) is 0 Å². The van der Waals surface area contributed by atoms with Crippen LogP contribution in [-0.4, -0.2) is 59.1 Å². The Morgan fingerprint density at radius 2 is 1.57 bits per heavy atom. The van der Waals surface area contributed by atoms with E-state index in [0.717, 1.165) is 5.56 Å². The first-order valence-corrected chi connectivity index (χ1v) is 14.4. The lowest BCUT2D eigenvalue weighted by Gasteiger charge is -2.26. The Bertz CT molecular complexity index is 1210. The van der Waals surface area contributed by atoms with Crippen molar-refractivity contribution in [3.8, 4) is 0 Å². The zero-order valence-electron chi connectivity index (χ0n) is 24.7. The van der Waals surface area contributed by atoms with E-state index in [2.05, 4.69) is 5.32 Å². The quantitative estimate of drug-likeness (QED) is 0.339. The van der Waals surface area contributed by atoms with Gasteiger partial charge in [-0.3, -0.25) is 19.2 Å². The van der Waals surface area contributed by atoms with Crippen LogP contribution in [0.3, 0.4) is 0 Å². The van der Waals surface area contributed by atoms with Gasteiger partial charge in [-0.1, -0.05) is 72.8 Å². The summed E-state index contributed by atoms with van der Waals surface area (Å²) in [4.78, 5) is 54.1. The van der Waals surface area contributed by atoms with E-state index in [1.807, 2.05) is 48.5 Å². The van der Waals surface area contributed by atoms with Crippen molar-refractivity contribution in [1.82, 2.24) is 10.2 Å². The van der Waals surface area contributed by atoms with E-state index in [1.165, 1.54) is 0 Å². The lowest BCUT2D eigenvalue weighted by molar-refractivity contribution is -0.164. The molecule has 42 heavy (non-hydrogen) atoms. The average molecular weight is 579 g/mol. The first-order valence-electron chi connectivity index (χ1n) is 14.4. The Morgan fingerprint density at radius 1 is 0.952 bits per heavy atom. The number of cyclic esters (lactones) is 1. The second kappa shape index (κ2) is 15.9. The SMILES string of the molecule is CC(C)(C)OC(=O)C[C@@H]1C/C=C\C[C@H](CC(=O)N(CCO)Cc2ccccc2)C(=O)NC[C@@H](c2ccccc2)OC1=O. The van der Waals surface area contributed by atoms with Crippen molar-refractivity contribution in [3.63, 3.8) is 0 Å². The van der Waals surface area contributed by atoms with Gasteiger partial charge in [0.1, 0.15) is 11.7 Å². The fourth-order valence-corrected chi connectivity index (χ4v) is 4.68. The Morgan fingerprint density at radius 3 is 2.19 bits per heavy atom. The number of ether oxygens (including phenoxy) is 2. The number of nitrogens with one attached hydrogen (secondary N) is 1. The van der Waals surface area contributed by atoms with E-state index in [0.29, 0.717) is 12.1 Å². The van der Waals surface area contributed by atoms with Crippen molar-refractivity contribution in [2.45, 2.75) is 64.7 Å². The van der Waals surface area contributed by atoms with Crippen LogP contribution in [0.15, 0.2) is 72.8 Å². The fraction of sp³-hybridized carbons (Fsp3) is 0.455. The number of nitrogens with zero attached hydrogens (tertiary/aromatic N) is 1. The van der Waals surface area contributed by atoms with Crippen LogP contribution >= 0.6 is 0 Å². The van der Waals surface area contributed by atoms with Crippen LogP contribution in [0.25, 0.3) is 0 Å². The molecular formula is C33H42N2O7. The van der Waals surface area contributed by atoms with Gasteiger partial charge in [0.2, 0.25) is 11.8 Å². The van der Waals surface area contributed by atoms with Gasteiger partial charge >= 0.3 is 11.9 Å². The maximum Gasteiger partial charge on any atom is 0.310 e. The predicted molar refractivity (Wildman–Crippen MR) is 158 cm³/mol. The molecule has 2 amide bonds. The summed E-state index contributed by atoms with van der Waals surface area (Å²) in [6, 6.07) is 18.5. The van der Waals surface area contributed by atoms with E-state index < -0.39 is 35.5 Å². The molecule has 9 heteroatoms. The molecule has 2 aromatic carbocycles.